The zero-order chi connectivity index (χ0) is 20.4. The van der Waals surface area contributed by atoms with E-state index in [2.05, 4.69) is 46.3 Å². The van der Waals surface area contributed by atoms with E-state index in [0.717, 1.165) is 44.0 Å². The maximum absolute atomic E-state index is 12.4. The Morgan fingerprint density at radius 2 is 1.90 bits per heavy atom. The van der Waals surface area contributed by atoms with Gasteiger partial charge < -0.3 is 10.5 Å². The largest absolute Gasteiger partial charge is 0.379 e. The summed E-state index contributed by atoms with van der Waals surface area (Å²) in [7, 11) is 1.67. The Hall–Kier alpha value is -2.70. The molecule has 29 heavy (non-hydrogen) atoms. The molecule has 1 amide bonds. The minimum absolute atomic E-state index is 0.0156. The van der Waals surface area contributed by atoms with Crippen molar-refractivity contribution >= 4 is 11.9 Å². The molecule has 2 aliphatic rings. The Labute approximate surface area is 172 Å². The molecule has 2 aromatic carbocycles. The molecule has 6 nitrogen and oxygen atoms in total. The summed E-state index contributed by atoms with van der Waals surface area (Å²) < 4.78 is 5.48. The summed E-state index contributed by atoms with van der Waals surface area (Å²) in [5.41, 5.74) is 9.98. The molecule has 1 saturated heterocycles. The molecule has 1 unspecified atom stereocenters. The van der Waals surface area contributed by atoms with Crippen LogP contribution in [0.1, 0.15) is 24.5 Å². The first-order chi connectivity index (χ1) is 14.0. The summed E-state index contributed by atoms with van der Waals surface area (Å²) >= 11 is 0. The molecule has 2 N–H and O–H groups in total. The third kappa shape index (κ3) is 4.04. The number of nitrogens with two attached hydrogens (primary N) is 1. The summed E-state index contributed by atoms with van der Waals surface area (Å²) in [5.74, 6) is 0.250. The first-order valence-corrected chi connectivity index (χ1v) is 10.1. The van der Waals surface area contributed by atoms with Gasteiger partial charge in [-0.15, -0.1) is 0 Å². The number of aliphatic imine (C=N–C) groups is 1. The van der Waals surface area contributed by atoms with Gasteiger partial charge in [0.2, 0.25) is 5.91 Å². The molecule has 1 fully saturated rings. The fourth-order valence-electron chi connectivity index (χ4n) is 4.04. The van der Waals surface area contributed by atoms with Crippen LogP contribution < -0.4 is 5.73 Å². The van der Waals surface area contributed by atoms with Gasteiger partial charge in [-0.3, -0.25) is 14.6 Å². The normalized spacial score (nSPS) is 23.2. The first-order valence-electron chi connectivity index (χ1n) is 10.1. The van der Waals surface area contributed by atoms with Crippen LogP contribution >= 0.6 is 0 Å². The number of rotatable bonds is 4. The lowest BCUT2D eigenvalue weighted by atomic mass is 9.85. The molecule has 0 spiro atoms. The average Bonchev–Trinajstić information content (AvgIpc) is 2.73. The van der Waals surface area contributed by atoms with Crippen LogP contribution in [0.3, 0.4) is 0 Å². The molecule has 0 aromatic heterocycles. The highest BCUT2D eigenvalue weighted by atomic mass is 16.5. The standard InChI is InChI=1S/C23H28N4O2/c1-23(15-21(28)26(2)22(24)25-23)19-8-5-7-17(14-19)20-9-4-3-6-18(20)16-27-10-12-29-13-11-27/h3-9,14H,10-13,15-16H2,1-2H3,(H2,24,25). The molecule has 0 bridgehead atoms. The number of ether oxygens (including phenoxy) is 1. The fraction of sp³-hybridized carbons (Fsp3) is 0.391. The summed E-state index contributed by atoms with van der Waals surface area (Å²) in [6, 6.07) is 16.8. The van der Waals surface area contributed by atoms with Gasteiger partial charge in [-0.2, -0.15) is 0 Å². The number of carbonyl (C=O) groups excluding carboxylic acids is 1. The average molecular weight is 393 g/mol. The molecule has 4 rings (SSSR count). The second kappa shape index (κ2) is 7.97. The molecular formula is C23H28N4O2. The van der Waals surface area contributed by atoms with Crippen LogP contribution in [0.4, 0.5) is 0 Å². The number of hydrogen-bond acceptors (Lipinski definition) is 5. The van der Waals surface area contributed by atoms with Crippen LogP contribution in [-0.2, 0) is 21.6 Å². The fourth-order valence-corrected chi connectivity index (χ4v) is 4.04. The highest BCUT2D eigenvalue weighted by Crippen LogP contribution is 2.35. The van der Waals surface area contributed by atoms with Gasteiger partial charge in [-0.25, -0.2) is 4.99 Å². The smallest absolute Gasteiger partial charge is 0.231 e. The van der Waals surface area contributed by atoms with Gasteiger partial charge >= 0.3 is 0 Å². The van der Waals surface area contributed by atoms with E-state index in [1.165, 1.54) is 16.0 Å². The zero-order valence-corrected chi connectivity index (χ0v) is 17.1. The molecule has 0 radical (unpaired) electrons. The Morgan fingerprint density at radius 3 is 2.66 bits per heavy atom. The molecule has 6 heteroatoms. The second-order valence-electron chi connectivity index (χ2n) is 8.00. The third-order valence-electron chi connectivity index (χ3n) is 5.89. The maximum atomic E-state index is 12.4. The van der Waals surface area contributed by atoms with E-state index in [0.29, 0.717) is 6.42 Å². The predicted molar refractivity (Wildman–Crippen MR) is 114 cm³/mol. The Bertz CT molecular complexity index is 936. The van der Waals surface area contributed by atoms with Crippen molar-refractivity contribution in [2.75, 3.05) is 33.4 Å². The Morgan fingerprint density at radius 1 is 1.14 bits per heavy atom. The first kappa shape index (κ1) is 19.6. The molecule has 1 atom stereocenters. The van der Waals surface area contributed by atoms with Gasteiger partial charge in [0.15, 0.2) is 5.96 Å². The van der Waals surface area contributed by atoms with Crippen molar-refractivity contribution in [3.8, 4) is 11.1 Å². The van der Waals surface area contributed by atoms with Gasteiger partial charge in [-0.05, 0) is 35.2 Å². The lowest BCUT2D eigenvalue weighted by Gasteiger charge is -2.34. The van der Waals surface area contributed by atoms with Crippen LogP contribution in [0.5, 0.6) is 0 Å². The second-order valence-corrected chi connectivity index (χ2v) is 8.00. The molecule has 0 saturated carbocycles. The summed E-state index contributed by atoms with van der Waals surface area (Å²) in [6.07, 6.45) is 0.309. The van der Waals surface area contributed by atoms with Crippen molar-refractivity contribution in [1.82, 2.24) is 9.80 Å². The minimum atomic E-state index is -0.650. The van der Waals surface area contributed by atoms with Crippen molar-refractivity contribution in [2.45, 2.75) is 25.4 Å². The number of nitrogens with zero attached hydrogens (tertiary/aromatic N) is 3. The monoisotopic (exact) mass is 392 g/mol. The summed E-state index contributed by atoms with van der Waals surface area (Å²) in [5, 5.41) is 0. The Kier molecular flexibility index (Phi) is 5.39. The van der Waals surface area contributed by atoms with Gasteiger partial charge in [0.25, 0.3) is 0 Å². The number of hydrogen-bond donors (Lipinski definition) is 1. The summed E-state index contributed by atoms with van der Waals surface area (Å²) in [4.78, 5) is 20.9. The van der Waals surface area contributed by atoms with Gasteiger partial charge in [-0.1, -0.05) is 42.5 Å². The lowest BCUT2D eigenvalue weighted by Crippen LogP contribution is -2.47. The maximum Gasteiger partial charge on any atom is 0.231 e. The van der Waals surface area contributed by atoms with Crippen LogP contribution in [0.15, 0.2) is 53.5 Å². The van der Waals surface area contributed by atoms with E-state index in [1.54, 1.807) is 7.05 Å². The summed E-state index contributed by atoms with van der Waals surface area (Å²) in [6.45, 7) is 6.36. The number of amides is 1. The SMILES string of the molecule is CN1C(=O)CC(C)(c2cccc(-c3ccccc3CN3CCOCC3)c2)N=C1N. The lowest BCUT2D eigenvalue weighted by molar-refractivity contribution is -0.128. The van der Waals surface area contributed by atoms with E-state index in [9.17, 15) is 4.79 Å². The van der Waals surface area contributed by atoms with E-state index in [4.69, 9.17) is 10.5 Å². The van der Waals surface area contributed by atoms with Crippen LogP contribution in [-0.4, -0.2) is 55.0 Å². The molecule has 2 heterocycles. The molecule has 2 aromatic rings. The quantitative estimate of drug-likeness (QED) is 0.868. The number of morpholine rings is 1. The van der Waals surface area contributed by atoms with Crippen LogP contribution in [0.25, 0.3) is 11.1 Å². The van der Waals surface area contributed by atoms with Gasteiger partial charge in [0.1, 0.15) is 0 Å². The highest BCUT2D eigenvalue weighted by molar-refractivity contribution is 5.98. The van der Waals surface area contributed by atoms with E-state index >= 15 is 0 Å². The van der Waals surface area contributed by atoms with Crippen molar-refractivity contribution in [1.29, 1.82) is 0 Å². The van der Waals surface area contributed by atoms with Crippen molar-refractivity contribution < 1.29 is 9.53 Å². The number of benzene rings is 2. The van der Waals surface area contributed by atoms with Crippen LogP contribution in [0, 0.1) is 0 Å². The van der Waals surface area contributed by atoms with Gasteiger partial charge in [0.05, 0.1) is 25.2 Å². The van der Waals surface area contributed by atoms with Crippen molar-refractivity contribution in [3.63, 3.8) is 0 Å². The van der Waals surface area contributed by atoms with Crippen molar-refractivity contribution in [3.05, 3.63) is 59.7 Å². The molecule has 152 valence electrons. The Balaban J connectivity index is 1.67. The minimum Gasteiger partial charge on any atom is -0.379 e. The number of guanidine groups is 1. The molecule has 0 aliphatic carbocycles. The van der Waals surface area contributed by atoms with Crippen molar-refractivity contribution in [2.24, 2.45) is 10.7 Å². The molecule has 2 aliphatic heterocycles. The topological polar surface area (TPSA) is 71.2 Å². The van der Waals surface area contributed by atoms with E-state index in [-0.39, 0.29) is 11.9 Å². The molecular weight excluding hydrogens is 364 g/mol. The third-order valence-corrected chi connectivity index (χ3v) is 5.89. The highest BCUT2D eigenvalue weighted by Gasteiger charge is 2.36. The zero-order valence-electron chi connectivity index (χ0n) is 17.1. The predicted octanol–water partition coefficient (Wildman–Crippen LogP) is 2.58. The number of carbonyl (C=O) groups is 1. The van der Waals surface area contributed by atoms with E-state index < -0.39 is 5.54 Å². The van der Waals surface area contributed by atoms with Crippen LogP contribution in [0.2, 0.25) is 0 Å². The van der Waals surface area contributed by atoms with E-state index in [1.807, 2.05) is 19.1 Å². The van der Waals surface area contributed by atoms with Gasteiger partial charge in [0, 0.05) is 26.7 Å².